The van der Waals surface area contributed by atoms with Crippen LogP contribution >= 0.6 is 17.6 Å². The van der Waals surface area contributed by atoms with Crippen LogP contribution in [0.5, 0.6) is 0 Å². The standard InChI is InChI=1S/C19H35N2P.C13H19NO.C7H9N.C6H14O.CO.ClH.Ru.H/c1-9-21(10-2)14-16-12-11-13-17(20-16)15-22(18(3,4)5)19(6,7)8;1-2-3-5-10-13(15)14-11-12-8-6-4-7-9-12;8-6-7-4-2-1-3-5-7;1-2-3-4-5-6-7;1-2;;;/h11-13H,9-10,14-15H2,1-8H3;4,6-9H,2-3,5,10-11H2,1H3,(H,14,15);1-5H,6,8H2;7H,2-6H2,1H3;;1H;;/q;;;;;;+1;. The molecule has 1 heterocycles. The van der Waals surface area contributed by atoms with Gasteiger partial charge in [-0.15, -0.1) is 0 Å². The molecule has 3 aromatic rings. The zero-order valence-corrected chi connectivity index (χ0v) is 40.2. The van der Waals surface area contributed by atoms with Crippen molar-refractivity contribution in [2.24, 2.45) is 5.73 Å². The van der Waals surface area contributed by atoms with Crippen LogP contribution in [0, 0.1) is 6.65 Å². The summed E-state index contributed by atoms with van der Waals surface area (Å²) in [5.41, 5.74) is 10.2. The second kappa shape index (κ2) is 38.5. The average molecular weight is 904 g/mol. The molecule has 0 spiro atoms. The Labute approximate surface area is 359 Å². The van der Waals surface area contributed by atoms with Crippen LogP contribution in [0.3, 0.4) is 0 Å². The number of halogens is 1. The van der Waals surface area contributed by atoms with Gasteiger partial charge in [-0.3, -0.25) is 14.7 Å². The zero-order valence-electron chi connectivity index (χ0n) is 36.6. The Hall–Kier alpha value is -1.98. The molecule has 320 valence electrons. The van der Waals surface area contributed by atoms with Crippen molar-refractivity contribution in [3.8, 4) is 0 Å². The Morgan fingerprint density at radius 3 is 1.68 bits per heavy atom. The fourth-order valence-electron chi connectivity index (χ4n) is 5.80. The predicted molar refractivity (Wildman–Crippen MR) is 242 cm³/mol. The molecule has 0 fully saturated rings. The molecule has 0 saturated heterocycles. The van der Waals surface area contributed by atoms with E-state index in [1.165, 1.54) is 36.2 Å². The van der Waals surface area contributed by atoms with Gasteiger partial charge in [-0.2, -0.15) is 0 Å². The molecule has 1 amide bonds. The first kappa shape index (κ1) is 58.3. The summed E-state index contributed by atoms with van der Waals surface area (Å²) in [5, 5.41) is 12.0. The van der Waals surface area contributed by atoms with Crippen molar-refractivity contribution >= 4 is 23.5 Å². The molecule has 0 aliphatic rings. The number of hydrogen-bond donors (Lipinski definition) is 3. The summed E-state index contributed by atoms with van der Waals surface area (Å²) in [7, 11) is 4.05. The predicted octanol–water partition coefficient (Wildman–Crippen LogP) is 11.2. The molecule has 0 unspecified atom stereocenters. The molecule has 10 heteroatoms. The van der Waals surface area contributed by atoms with Crippen LogP contribution in [-0.4, -0.2) is 50.9 Å². The van der Waals surface area contributed by atoms with Gasteiger partial charge in [0, 0.05) is 40.6 Å². The fraction of sp³-hybridized carbons (Fsp3) is 0.587. The molecule has 2 aromatic carbocycles. The molecule has 0 atom stereocenters. The topological polar surface area (TPSA) is 111 Å². The van der Waals surface area contributed by atoms with E-state index in [-0.39, 0.29) is 5.91 Å². The van der Waals surface area contributed by atoms with Crippen LogP contribution in [0.2, 0.25) is 0 Å². The molecule has 0 aliphatic carbocycles. The van der Waals surface area contributed by atoms with Crippen molar-refractivity contribution in [2.75, 3.05) is 19.7 Å². The molecule has 3 rings (SSSR count). The number of benzene rings is 2. The van der Waals surface area contributed by atoms with Gasteiger partial charge in [-0.25, -0.2) is 0 Å². The van der Waals surface area contributed by atoms with Crippen LogP contribution < -0.4 is 11.1 Å². The molecule has 0 bridgehead atoms. The molecule has 7 nitrogen and oxygen atoms in total. The normalized spacial score (nSPS) is 10.5. The summed E-state index contributed by atoms with van der Waals surface area (Å²) in [6.45, 7) is 32.4. The number of carbonyl (C=O) groups is 1. The minimum atomic E-state index is -0.559. The molecule has 0 radical (unpaired) electrons. The zero-order chi connectivity index (χ0) is 43.3. The number of aliphatic hydroxyl groups is 1. The molecule has 0 aliphatic heterocycles. The molecule has 56 heavy (non-hydrogen) atoms. The Morgan fingerprint density at radius 2 is 1.25 bits per heavy atom. The van der Waals surface area contributed by atoms with E-state index in [9.17, 15) is 4.79 Å². The molecular weight excluding hydrogens is 824 g/mol. The van der Waals surface area contributed by atoms with Crippen molar-refractivity contribution in [3.05, 3.63) is 108 Å². The summed E-state index contributed by atoms with van der Waals surface area (Å²) in [5.74, 6) is 0.160. The molecule has 1 aromatic heterocycles. The van der Waals surface area contributed by atoms with E-state index in [4.69, 9.17) is 20.5 Å². The van der Waals surface area contributed by atoms with Crippen LogP contribution in [0.15, 0.2) is 78.9 Å². The van der Waals surface area contributed by atoms with Crippen LogP contribution in [0.25, 0.3) is 0 Å². The monoisotopic (exact) mass is 903 g/mol. The third kappa shape index (κ3) is 33.0. The second-order valence-electron chi connectivity index (χ2n) is 15.4. The maximum atomic E-state index is 11.4. The van der Waals surface area contributed by atoms with Gasteiger partial charge in [-0.1, -0.05) is 127 Å². The summed E-state index contributed by atoms with van der Waals surface area (Å²) < 4.78 is 7.50. The summed E-state index contributed by atoms with van der Waals surface area (Å²) in [6.07, 6.45) is 9.79. The first-order valence-corrected chi connectivity index (χ1v) is 24.4. The van der Waals surface area contributed by atoms with Crippen molar-refractivity contribution in [3.63, 3.8) is 0 Å². The summed E-state index contributed by atoms with van der Waals surface area (Å²) in [4.78, 5) is 18.8. The van der Waals surface area contributed by atoms with Gasteiger partial charge >= 0.3 is 38.3 Å². The number of rotatable bonds is 17. The summed E-state index contributed by atoms with van der Waals surface area (Å²) in [6, 6.07) is 26.5. The summed E-state index contributed by atoms with van der Waals surface area (Å²) >= 11 is 1.62. The first-order valence-electron chi connectivity index (χ1n) is 20.3. The minimum absolute atomic E-state index is 0.160. The maximum absolute atomic E-state index is 11.4. The SMILES string of the molecule is CCCCCC(=O)NCc1ccccc1.CCCCCCO.CCN(CC)Cc1cccc(C[PH+](C(C)(C)C)C(C)(C)C)n1.NCc1ccccc1.[C-]#[O+].[Cl][RuH]. The van der Waals surface area contributed by atoms with E-state index in [1.54, 1.807) is 17.3 Å². The molecule has 0 saturated carbocycles. The van der Waals surface area contributed by atoms with Gasteiger partial charge in [0.2, 0.25) is 5.91 Å². The number of hydrogen-bond acceptors (Lipinski definition) is 5. The van der Waals surface area contributed by atoms with Gasteiger partial charge in [0.1, 0.15) is 0 Å². The number of amides is 1. The van der Waals surface area contributed by atoms with Crippen molar-refractivity contribution < 1.29 is 31.9 Å². The van der Waals surface area contributed by atoms with Crippen molar-refractivity contribution in [1.82, 2.24) is 15.2 Å². The van der Waals surface area contributed by atoms with E-state index >= 15 is 0 Å². The van der Waals surface area contributed by atoms with E-state index in [1.807, 2.05) is 60.7 Å². The van der Waals surface area contributed by atoms with Crippen LogP contribution in [-0.2, 0) is 52.6 Å². The number of nitrogens with zero attached hydrogens (tertiary/aromatic N) is 2. The Morgan fingerprint density at radius 1 is 0.768 bits per heavy atom. The Bertz CT molecular complexity index is 1300. The Balaban J connectivity index is -0.000000710. The Kier molecular flexibility index (Phi) is 40.1. The average Bonchev–Trinajstić information content (AvgIpc) is 3.21. The van der Waals surface area contributed by atoms with Crippen molar-refractivity contribution in [2.45, 2.75) is 157 Å². The van der Waals surface area contributed by atoms with Gasteiger partial charge in [0.25, 0.3) is 0 Å². The van der Waals surface area contributed by atoms with Crippen molar-refractivity contribution in [1.29, 1.82) is 0 Å². The number of pyridine rings is 1. The number of carbonyl (C=O) groups excluding carboxylic acids is 1. The van der Waals surface area contributed by atoms with Crippen LogP contribution in [0.4, 0.5) is 0 Å². The fourth-order valence-corrected chi connectivity index (χ4v) is 9.67. The number of nitrogens with two attached hydrogens (primary N) is 1. The third-order valence-electron chi connectivity index (χ3n) is 8.74. The van der Waals surface area contributed by atoms with E-state index in [0.717, 1.165) is 57.0 Å². The van der Waals surface area contributed by atoms with E-state index in [2.05, 4.69) is 114 Å². The third-order valence-corrected chi connectivity index (χ3v) is 13.1. The van der Waals surface area contributed by atoms with Gasteiger partial charge < -0.3 is 16.2 Å². The number of aromatic nitrogens is 1. The quantitative estimate of drug-likeness (QED) is 0.0411. The molecular formula is C46H79ClN4O3PRu+. The molecule has 4 N–H and O–H groups in total. The number of unbranched alkanes of at least 4 members (excludes halogenated alkanes) is 5. The van der Waals surface area contributed by atoms with Gasteiger partial charge in [-0.05, 0) is 90.7 Å². The number of aliphatic hydroxyl groups excluding tert-OH is 1. The number of nitrogens with one attached hydrogen (secondary N) is 1. The second-order valence-corrected chi connectivity index (χ2v) is 19.7. The van der Waals surface area contributed by atoms with Gasteiger partial charge in [0.05, 0.1) is 27.9 Å². The first-order chi connectivity index (χ1) is 26.7. The van der Waals surface area contributed by atoms with E-state index in [0.29, 0.717) is 36.4 Å². The van der Waals surface area contributed by atoms with Crippen LogP contribution in [0.1, 0.15) is 143 Å². The van der Waals surface area contributed by atoms with Gasteiger partial charge in [0.15, 0.2) is 0 Å². The van der Waals surface area contributed by atoms with E-state index < -0.39 is 7.92 Å².